The lowest BCUT2D eigenvalue weighted by Gasteiger charge is -2.36. The van der Waals surface area contributed by atoms with Gasteiger partial charge in [0.05, 0.1) is 5.92 Å². The molecule has 4 rings (SSSR count). The van der Waals surface area contributed by atoms with Crippen molar-refractivity contribution >= 4 is 28.9 Å². The minimum Gasteiger partial charge on any atom is -0.369 e. The Morgan fingerprint density at radius 2 is 1.62 bits per heavy atom. The first-order valence-electron chi connectivity index (χ1n) is 10.8. The molecule has 29 heavy (non-hydrogen) atoms. The number of benzene rings is 2. The minimum atomic E-state index is 0.0483. The molecule has 1 saturated heterocycles. The van der Waals surface area contributed by atoms with Gasteiger partial charge in [-0.15, -0.1) is 0 Å². The van der Waals surface area contributed by atoms with Gasteiger partial charge < -0.3 is 9.80 Å². The summed E-state index contributed by atoms with van der Waals surface area (Å²) in [6, 6.07) is 16.4. The number of fused-ring (bicyclic) bond motifs is 1. The molecule has 0 N–H and O–H groups in total. The van der Waals surface area contributed by atoms with Crippen molar-refractivity contribution in [3.8, 4) is 0 Å². The van der Waals surface area contributed by atoms with Gasteiger partial charge in [0, 0.05) is 49.1 Å². The molecule has 0 aliphatic carbocycles. The van der Waals surface area contributed by atoms with E-state index in [1.807, 2.05) is 29.2 Å². The van der Waals surface area contributed by atoms with Gasteiger partial charge in [0.15, 0.2) is 0 Å². The molecule has 2 aromatic rings. The Bertz CT molecular complexity index is 830. The molecule has 0 saturated carbocycles. The zero-order valence-corrected chi connectivity index (χ0v) is 17.9. The molecule has 0 bridgehead atoms. The summed E-state index contributed by atoms with van der Waals surface area (Å²) in [4.78, 5) is 19.8. The average molecular weight is 412 g/mol. The van der Waals surface area contributed by atoms with Gasteiger partial charge in [-0.25, -0.2) is 0 Å². The van der Waals surface area contributed by atoms with Crippen molar-refractivity contribution in [3.63, 3.8) is 0 Å². The fraction of sp³-hybridized carbons (Fsp3) is 0.458. The highest BCUT2D eigenvalue weighted by atomic mass is 35.5. The van der Waals surface area contributed by atoms with Crippen LogP contribution >= 0.6 is 11.6 Å². The van der Waals surface area contributed by atoms with Gasteiger partial charge in [-0.2, -0.15) is 0 Å². The van der Waals surface area contributed by atoms with Crippen LogP contribution in [0.1, 0.15) is 37.7 Å². The van der Waals surface area contributed by atoms with E-state index in [2.05, 4.69) is 41.0 Å². The number of amides is 1. The number of carbonyl (C=O) groups is 1. The Hall–Kier alpha value is -2.04. The predicted octanol–water partition coefficient (Wildman–Crippen LogP) is 4.78. The molecule has 2 aliphatic rings. The number of piperazine rings is 1. The van der Waals surface area contributed by atoms with E-state index in [4.69, 9.17) is 11.6 Å². The number of nitrogens with zero attached hydrogens (tertiary/aromatic N) is 3. The van der Waals surface area contributed by atoms with E-state index in [0.717, 1.165) is 69.2 Å². The van der Waals surface area contributed by atoms with Crippen LogP contribution in [0.2, 0.25) is 5.02 Å². The maximum absolute atomic E-state index is 12.8. The summed E-state index contributed by atoms with van der Waals surface area (Å²) in [6.45, 7) is 8.33. The highest BCUT2D eigenvalue weighted by Gasteiger charge is 2.35. The number of anilines is 2. The molecule has 154 valence electrons. The van der Waals surface area contributed by atoms with Gasteiger partial charge >= 0.3 is 0 Å². The third kappa shape index (κ3) is 4.44. The zero-order valence-electron chi connectivity index (χ0n) is 17.2. The fourth-order valence-corrected chi connectivity index (χ4v) is 4.71. The van der Waals surface area contributed by atoms with Crippen LogP contribution < -0.4 is 9.80 Å². The van der Waals surface area contributed by atoms with Crippen molar-refractivity contribution < 1.29 is 4.79 Å². The van der Waals surface area contributed by atoms with Crippen molar-refractivity contribution in [2.45, 2.75) is 32.1 Å². The second-order valence-corrected chi connectivity index (χ2v) is 8.46. The first-order valence-corrected chi connectivity index (χ1v) is 11.2. The van der Waals surface area contributed by atoms with Crippen LogP contribution in [0.4, 0.5) is 11.4 Å². The summed E-state index contributed by atoms with van der Waals surface area (Å²) in [5, 5.41) is 0.789. The Kier molecular flexibility index (Phi) is 6.41. The third-order valence-electron chi connectivity index (χ3n) is 6.25. The number of hydrogen-bond donors (Lipinski definition) is 0. The molecule has 1 atom stereocenters. The largest absolute Gasteiger partial charge is 0.369 e. The van der Waals surface area contributed by atoms with E-state index in [1.165, 1.54) is 11.3 Å². The summed E-state index contributed by atoms with van der Waals surface area (Å²) in [5.41, 5.74) is 3.59. The van der Waals surface area contributed by atoms with E-state index in [0.29, 0.717) is 0 Å². The summed E-state index contributed by atoms with van der Waals surface area (Å²) < 4.78 is 0. The molecule has 0 aromatic heterocycles. The number of halogens is 1. The molecule has 0 radical (unpaired) electrons. The first kappa shape index (κ1) is 20.2. The van der Waals surface area contributed by atoms with Crippen LogP contribution in [0.3, 0.4) is 0 Å². The SMILES string of the molecule is CCC1C(=O)N(CCCCN2CCN(c3ccc(Cl)cc3)CC2)c2ccccc21. The quantitative estimate of drug-likeness (QED) is 0.613. The maximum atomic E-state index is 12.8. The lowest BCUT2D eigenvalue weighted by molar-refractivity contribution is -0.119. The lowest BCUT2D eigenvalue weighted by Crippen LogP contribution is -2.46. The number of para-hydroxylation sites is 1. The highest BCUT2D eigenvalue weighted by Crippen LogP contribution is 2.38. The Morgan fingerprint density at radius 3 is 2.34 bits per heavy atom. The van der Waals surface area contributed by atoms with Crippen molar-refractivity contribution in [2.24, 2.45) is 0 Å². The highest BCUT2D eigenvalue weighted by molar-refractivity contribution is 6.30. The van der Waals surface area contributed by atoms with E-state index in [1.54, 1.807) is 0 Å². The molecule has 1 fully saturated rings. The second kappa shape index (κ2) is 9.19. The molecule has 2 heterocycles. The summed E-state index contributed by atoms with van der Waals surface area (Å²) in [6.07, 6.45) is 3.06. The average Bonchev–Trinajstić information content (AvgIpc) is 3.03. The van der Waals surface area contributed by atoms with Gasteiger partial charge in [-0.3, -0.25) is 9.69 Å². The van der Waals surface area contributed by atoms with Crippen LogP contribution in [0.5, 0.6) is 0 Å². The first-order chi connectivity index (χ1) is 14.2. The van der Waals surface area contributed by atoms with Crippen molar-refractivity contribution in [2.75, 3.05) is 49.1 Å². The number of hydrogen-bond acceptors (Lipinski definition) is 3. The number of carbonyl (C=O) groups excluding carboxylic acids is 1. The predicted molar refractivity (Wildman–Crippen MR) is 121 cm³/mol. The van der Waals surface area contributed by atoms with Gasteiger partial charge in [0.1, 0.15) is 0 Å². The summed E-state index contributed by atoms with van der Waals surface area (Å²) in [5.74, 6) is 0.331. The molecule has 0 spiro atoms. The van der Waals surface area contributed by atoms with Crippen molar-refractivity contribution in [1.29, 1.82) is 0 Å². The third-order valence-corrected chi connectivity index (χ3v) is 6.50. The van der Waals surface area contributed by atoms with Gasteiger partial charge in [0.25, 0.3) is 0 Å². The van der Waals surface area contributed by atoms with E-state index < -0.39 is 0 Å². The van der Waals surface area contributed by atoms with Crippen LogP contribution in [-0.2, 0) is 4.79 Å². The molecular weight excluding hydrogens is 382 g/mol. The molecule has 5 heteroatoms. The normalized spacial score (nSPS) is 19.7. The number of unbranched alkanes of at least 4 members (excludes halogenated alkanes) is 1. The van der Waals surface area contributed by atoms with Crippen molar-refractivity contribution in [3.05, 3.63) is 59.1 Å². The Labute approximate surface area is 179 Å². The topological polar surface area (TPSA) is 26.8 Å². The second-order valence-electron chi connectivity index (χ2n) is 8.02. The molecule has 4 nitrogen and oxygen atoms in total. The van der Waals surface area contributed by atoms with Crippen LogP contribution in [0, 0.1) is 0 Å². The maximum Gasteiger partial charge on any atom is 0.234 e. The Morgan fingerprint density at radius 1 is 0.931 bits per heavy atom. The fourth-order valence-electron chi connectivity index (χ4n) is 4.58. The van der Waals surface area contributed by atoms with Gasteiger partial charge in [0.2, 0.25) is 5.91 Å². The standard InChI is InChI=1S/C24H30ClN3O/c1-2-21-22-7-3-4-8-23(22)28(24(21)29)14-6-5-13-26-15-17-27(18-16-26)20-11-9-19(25)10-12-20/h3-4,7-12,21H,2,5-6,13-18H2,1H3. The Balaban J connectivity index is 1.22. The van der Waals surface area contributed by atoms with E-state index in [-0.39, 0.29) is 11.8 Å². The van der Waals surface area contributed by atoms with Crippen LogP contribution in [-0.4, -0.2) is 50.1 Å². The van der Waals surface area contributed by atoms with Gasteiger partial charge in [-0.05, 0) is 61.7 Å². The molecule has 1 amide bonds. The lowest BCUT2D eigenvalue weighted by atomic mass is 9.98. The van der Waals surface area contributed by atoms with Gasteiger partial charge in [-0.1, -0.05) is 36.7 Å². The summed E-state index contributed by atoms with van der Waals surface area (Å²) in [7, 11) is 0. The molecule has 2 aliphatic heterocycles. The van der Waals surface area contributed by atoms with Crippen molar-refractivity contribution in [1.82, 2.24) is 4.90 Å². The monoisotopic (exact) mass is 411 g/mol. The van der Waals surface area contributed by atoms with E-state index >= 15 is 0 Å². The summed E-state index contributed by atoms with van der Waals surface area (Å²) >= 11 is 5.99. The molecule has 2 aromatic carbocycles. The number of rotatable bonds is 7. The smallest absolute Gasteiger partial charge is 0.234 e. The molecule has 1 unspecified atom stereocenters. The minimum absolute atomic E-state index is 0.0483. The van der Waals surface area contributed by atoms with Crippen LogP contribution in [0.15, 0.2) is 48.5 Å². The van der Waals surface area contributed by atoms with E-state index in [9.17, 15) is 4.79 Å². The zero-order chi connectivity index (χ0) is 20.2. The molecular formula is C24H30ClN3O. The van der Waals surface area contributed by atoms with Crippen LogP contribution in [0.25, 0.3) is 0 Å².